The first-order valence-corrected chi connectivity index (χ1v) is 15.4. The molecule has 48 heavy (non-hydrogen) atoms. The molecule has 0 atom stereocenters. The number of benzene rings is 6. The summed E-state index contributed by atoms with van der Waals surface area (Å²) in [5, 5.41) is 26.2. The summed E-state index contributed by atoms with van der Waals surface area (Å²) in [7, 11) is 0. The van der Waals surface area contributed by atoms with Crippen molar-refractivity contribution in [3.63, 3.8) is 0 Å². The number of furan rings is 2. The summed E-state index contributed by atoms with van der Waals surface area (Å²) in [6.45, 7) is 4.52. The maximum absolute atomic E-state index is 11.3. The molecule has 236 valence electrons. The number of fused-ring (bicyclic) bond motifs is 8. The van der Waals surface area contributed by atoms with Gasteiger partial charge in [0.2, 0.25) is 0 Å². The number of phenols is 2. The molecule has 6 aromatic carbocycles. The zero-order valence-corrected chi connectivity index (χ0v) is 27.5. The van der Waals surface area contributed by atoms with Gasteiger partial charge in [-0.3, -0.25) is 0 Å². The van der Waals surface area contributed by atoms with Crippen LogP contribution in [0.2, 0.25) is 0 Å². The second kappa shape index (κ2) is 10.7. The summed E-state index contributed by atoms with van der Waals surface area (Å²) >= 11 is 0. The van der Waals surface area contributed by atoms with Gasteiger partial charge >= 0.3 is 21.1 Å². The zero-order valence-electron chi connectivity index (χ0n) is 25.2. The minimum atomic E-state index is 0. The van der Waals surface area contributed by atoms with Crippen molar-refractivity contribution in [2.24, 2.45) is 0 Å². The Balaban J connectivity index is 0.00000314. The summed E-state index contributed by atoms with van der Waals surface area (Å²) in [4.78, 5) is 8.42. The number of aromatic hydroxyl groups is 2. The number of phenolic OH excluding ortho intramolecular Hbond substituents is 2. The summed E-state index contributed by atoms with van der Waals surface area (Å²) in [5.41, 5.74) is 8.16. The molecule has 8 nitrogen and oxygen atoms in total. The number of para-hydroxylation sites is 6. The van der Waals surface area contributed by atoms with E-state index < -0.39 is 0 Å². The largest absolute Gasteiger partial charge is 2.00 e. The quantitative estimate of drug-likeness (QED) is 0.170. The Bertz CT molecular complexity index is 2370. The van der Waals surface area contributed by atoms with Gasteiger partial charge < -0.3 is 38.6 Å². The van der Waals surface area contributed by atoms with Crippen LogP contribution in [-0.2, 0) is 21.1 Å². The van der Waals surface area contributed by atoms with E-state index in [-0.39, 0.29) is 32.6 Å². The monoisotopic (exact) mass is 809 g/mol. The topological polar surface area (TPSA) is 79.7 Å². The number of hydrogen-bond donors (Lipinski definition) is 2. The fourth-order valence-electron chi connectivity index (χ4n) is 7.16. The van der Waals surface area contributed by atoms with Crippen molar-refractivity contribution >= 4 is 78.0 Å². The molecule has 9 heteroatoms. The third-order valence-electron chi connectivity index (χ3n) is 9.19. The van der Waals surface area contributed by atoms with Gasteiger partial charge in [0.05, 0.1) is 22.1 Å². The number of nitrogens with zero attached hydrogens (tertiary/aromatic N) is 4. The molecule has 0 unspecified atom stereocenters. The maximum atomic E-state index is 11.3. The predicted molar refractivity (Wildman–Crippen MR) is 186 cm³/mol. The standard InChI is InChI=1S/C39H26N4O4.Pt/c44-30-17-19-34-36(24-9-1-7-15-32(24)46-34)38(30)42-22-40(26-11-3-5-13-28(26)42)21-41-23-43(29-14-6-4-12-27(29)41)39-31(45)18-20-35-37(39)25-10-2-8-16-33(25)47-35;/h1-20,22-23,44-45H,21H2;/q-2;+2. The molecule has 0 radical (unpaired) electrons. The molecule has 2 aliphatic rings. The van der Waals surface area contributed by atoms with Crippen molar-refractivity contribution in [1.29, 1.82) is 0 Å². The van der Waals surface area contributed by atoms with Crippen LogP contribution in [0.4, 0.5) is 34.1 Å². The molecule has 0 amide bonds. The summed E-state index contributed by atoms with van der Waals surface area (Å²) in [6.07, 6.45) is 0. The Hall–Kier alpha value is -5.59. The Morgan fingerprint density at radius 1 is 0.458 bits per heavy atom. The van der Waals surface area contributed by atoms with Crippen molar-refractivity contribution in [3.05, 3.63) is 135 Å². The first-order valence-electron chi connectivity index (χ1n) is 15.4. The second-order valence-electron chi connectivity index (χ2n) is 11.8. The van der Waals surface area contributed by atoms with Crippen molar-refractivity contribution in [1.82, 2.24) is 0 Å². The number of anilines is 6. The fourth-order valence-corrected chi connectivity index (χ4v) is 7.16. The molecular formula is C39H26N4O4Pt. The van der Waals surface area contributed by atoms with E-state index in [9.17, 15) is 10.2 Å². The van der Waals surface area contributed by atoms with Gasteiger partial charge in [-0.2, -0.15) is 0 Å². The van der Waals surface area contributed by atoms with Crippen LogP contribution in [0.3, 0.4) is 0 Å². The van der Waals surface area contributed by atoms with Crippen molar-refractivity contribution in [3.8, 4) is 11.5 Å². The van der Waals surface area contributed by atoms with Crippen LogP contribution in [0.5, 0.6) is 11.5 Å². The van der Waals surface area contributed by atoms with Crippen LogP contribution < -0.4 is 19.6 Å². The Kier molecular flexibility index (Phi) is 6.39. The molecule has 4 heterocycles. The Labute approximate surface area is 289 Å². The van der Waals surface area contributed by atoms with Gasteiger partial charge in [0, 0.05) is 40.2 Å². The molecule has 0 bridgehead atoms. The van der Waals surface area contributed by atoms with E-state index >= 15 is 0 Å². The normalized spacial score (nSPS) is 14.0. The van der Waals surface area contributed by atoms with E-state index in [1.54, 1.807) is 12.1 Å². The van der Waals surface area contributed by atoms with E-state index in [2.05, 4.69) is 34.1 Å². The van der Waals surface area contributed by atoms with Crippen LogP contribution in [-0.4, -0.2) is 16.9 Å². The predicted octanol–water partition coefficient (Wildman–Crippen LogP) is 9.71. The minimum absolute atomic E-state index is 0. The molecule has 0 fully saturated rings. The first kappa shape index (κ1) is 28.6. The van der Waals surface area contributed by atoms with Crippen LogP contribution in [0.25, 0.3) is 43.9 Å². The minimum Gasteiger partial charge on any atom is -0.506 e. The van der Waals surface area contributed by atoms with Gasteiger partial charge in [0.1, 0.15) is 33.8 Å². The molecular weight excluding hydrogens is 784 g/mol. The van der Waals surface area contributed by atoms with Gasteiger partial charge in [0.15, 0.2) is 0 Å². The van der Waals surface area contributed by atoms with Gasteiger partial charge in [-0.1, -0.05) is 60.7 Å². The van der Waals surface area contributed by atoms with Crippen LogP contribution in [0.1, 0.15) is 0 Å². The summed E-state index contributed by atoms with van der Waals surface area (Å²) < 4.78 is 12.3. The SMILES string of the molecule is Oc1ccc2oc3ccccc3c2c1N1[CH-]N(CN2[CH-]N(c3c(O)ccc4oc5ccccc5c34)c3ccccc32)c2ccccc21.[Pt+2]. The first-order chi connectivity index (χ1) is 23.1. The number of rotatable bonds is 4. The van der Waals surface area contributed by atoms with E-state index in [1.807, 2.05) is 108 Å². The smallest absolute Gasteiger partial charge is 0.506 e. The molecule has 0 aliphatic carbocycles. The third kappa shape index (κ3) is 4.05. The average Bonchev–Trinajstić information content (AvgIpc) is 3.86. The van der Waals surface area contributed by atoms with Crippen molar-refractivity contribution < 1.29 is 40.1 Å². The van der Waals surface area contributed by atoms with Gasteiger partial charge in [0.25, 0.3) is 0 Å². The van der Waals surface area contributed by atoms with Gasteiger partial charge in [-0.05, 0) is 60.7 Å². The molecule has 8 aromatic rings. The average molecular weight is 810 g/mol. The van der Waals surface area contributed by atoms with E-state index in [4.69, 9.17) is 8.83 Å². The molecule has 2 N–H and O–H groups in total. The Morgan fingerprint density at radius 3 is 1.31 bits per heavy atom. The molecule has 0 spiro atoms. The maximum Gasteiger partial charge on any atom is 2.00 e. The van der Waals surface area contributed by atoms with E-state index in [1.165, 1.54) is 0 Å². The van der Waals surface area contributed by atoms with Gasteiger partial charge in [-0.15, -0.1) is 13.3 Å². The van der Waals surface area contributed by atoms with Gasteiger partial charge in [-0.25, -0.2) is 0 Å². The third-order valence-corrected chi connectivity index (χ3v) is 9.19. The Morgan fingerprint density at radius 2 is 0.854 bits per heavy atom. The second-order valence-corrected chi connectivity index (χ2v) is 11.8. The number of hydrogen-bond acceptors (Lipinski definition) is 8. The molecule has 0 saturated heterocycles. The van der Waals surface area contributed by atoms with Crippen LogP contribution >= 0.6 is 0 Å². The molecule has 2 aliphatic heterocycles. The van der Waals surface area contributed by atoms with Crippen molar-refractivity contribution in [2.75, 3.05) is 26.3 Å². The van der Waals surface area contributed by atoms with E-state index in [0.717, 1.165) is 55.5 Å². The summed E-state index contributed by atoms with van der Waals surface area (Å²) in [5.74, 6) is 0.328. The molecule has 10 rings (SSSR count). The zero-order chi connectivity index (χ0) is 31.2. The molecule has 0 saturated carbocycles. The van der Waals surface area contributed by atoms with E-state index in [0.29, 0.717) is 29.2 Å². The molecule has 2 aromatic heterocycles. The van der Waals surface area contributed by atoms with Crippen molar-refractivity contribution in [2.45, 2.75) is 0 Å². The van der Waals surface area contributed by atoms with Crippen LogP contribution in [0.15, 0.2) is 130 Å². The fraction of sp³-hybridized carbons (Fsp3) is 0.0256. The van der Waals surface area contributed by atoms with Crippen LogP contribution in [0, 0.1) is 13.3 Å². The summed E-state index contributed by atoms with van der Waals surface area (Å²) in [6, 6.07) is 39.2.